The van der Waals surface area contributed by atoms with Crippen LogP contribution in [0.15, 0.2) is 53.5 Å². The van der Waals surface area contributed by atoms with Gasteiger partial charge in [0.15, 0.2) is 0 Å². The summed E-state index contributed by atoms with van der Waals surface area (Å²) in [5, 5.41) is 12.1. The number of methoxy groups -OCH3 is 1. The highest BCUT2D eigenvalue weighted by Gasteiger charge is 2.44. The standard InChI is InChI=1S/C25H33NO3/c1-17(2)22-16-29-23(26-22)20-9-7-8-10-21(20)25(27,24(3,4)5)15-18-11-13-19(28-6)14-12-18/h7-14,17,22,27H,15-16H2,1-6H3/t22-,25-/m1/s1. The van der Waals surface area contributed by atoms with Crippen LogP contribution in [0.1, 0.15) is 51.3 Å². The van der Waals surface area contributed by atoms with Crippen LogP contribution >= 0.6 is 0 Å². The van der Waals surface area contributed by atoms with E-state index in [1.807, 2.05) is 48.5 Å². The Kier molecular flexibility index (Phi) is 6.04. The maximum Gasteiger partial charge on any atom is 0.216 e. The summed E-state index contributed by atoms with van der Waals surface area (Å²) < 4.78 is 11.2. The molecule has 4 nitrogen and oxygen atoms in total. The largest absolute Gasteiger partial charge is 0.497 e. The summed E-state index contributed by atoms with van der Waals surface area (Å²) in [5.74, 6) is 1.86. The minimum Gasteiger partial charge on any atom is -0.497 e. The summed E-state index contributed by atoms with van der Waals surface area (Å²) in [4.78, 5) is 4.81. The van der Waals surface area contributed by atoms with Crippen molar-refractivity contribution in [3.8, 4) is 5.75 Å². The van der Waals surface area contributed by atoms with Crippen LogP contribution < -0.4 is 4.74 Å². The van der Waals surface area contributed by atoms with Crippen molar-refractivity contribution in [3.63, 3.8) is 0 Å². The number of aliphatic hydroxyl groups is 1. The van der Waals surface area contributed by atoms with Crippen molar-refractivity contribution in [1.82, 2.24) is 0 Å². The van der Waals surface area contributed by atoms with Gasteiger partial charge in [-0.2, -0.15) is 0 Å². The van der Waals surface area contributed by atoms with E-state index in [0.717, 1.165) is 22.4 Å². The Morgan fingerprint density at radius 2 is 1.76 bits per heavy atom. The maximum atomic E-state index is 12.1. The number of benzene rings is 2. The van der Waals surface area contributed by atoms with Crippen molar-refractivity contribution in [3.05, 3.63) is 65.2 Å². The first-order valence-electron chi connectivity index (χ1n) is 10.3. The lowest BCUT2D eigenvalue weighted by Crippen LogP contribution is -2.43. The molecule has 156 valence electrons. The summed E-state index contributed by atoms with van der Waals surface area (Å²) in [7, 11) is 1.66. The van der Waals surface area contributed by atoms with E-state index in [-0.39, 0.29) is 6.04 Å². The Hall–Kier alpha value is -2.33. The van der Waals surface area contributed by atoms with E-state index in [0.29, 0.717) is 24.8 Å². The van der Waals surface area contributed by atoms with E-state index in [2.05, 4.69) is 34.6 Å². The summed E-state index contributed by atoms with van der Waals surface area (Å²) in [5.41, 5.74) is 1.28. The number of aliphatic imine (C=N–C) groups is 1. The van der Waals surface area contributed by atoms with Gasteiger partial charge in [0.05, 0.1) is 18.8 Å². The highest BCUT2D eigenvalue weighted by atomic mass is 16.5. The number of ether oxygens (including phenoxy) is 2. The van der Waals surface area contributed by atoms with Crippen LogP contribution in [0.2, 0.25) is 0 Å². The lowest BCUT2D eigenvalue weighted by Gasteiger charge is -2.42. The molecule has 2 atom stereocenters. The lowest BCUT2D eigenvalue weighted by molar-refractivity contribution is -0.0642. The molecule has 1 aliphatic heterocycles. The summed E-state index contributed by atoms with van der Waals surface area (Å²) in [6.45, 7) is 11.1. The molecule has 0 spiro atoms. The van der Waals surface area contributed by atoms with Gasteiger partial charge in [0.25, 0.3) is 0 Å². The first-order valence-corrected chi connectivity index (χ1v) is 10.3. The van der Waals surface area contributed by atoms with Crippen molar-refractivity contribution >= 4 is 5.90 Å². The van der Waals surface area contributed by atoms with Crippen molar-refractivity contribution in [2.45, 2.75) is 52.7 Å². The van der Waals surface area contributed by atoms with Crippen LogP contribution in [-0.2, 0) is 16.8 Å². The van der Waals surface area contributed by atoms with Gasteiger partial charge in [-0.05, 0) is 40.7 Å². The van der Waals surface area contributed by atoms with E-state index in [1.165, 1.54) is 0 Å². The zero-order chi connectivity index (χ0) is 21.2. The molecule has 0 saturated carbocycles. The average Bonchev–Trinajstić information content (AvgIpc) is 3.18. The van der Waals surface area contributed by atoms with Gasteiger partial charge in [-0.3, -0.25) is 0 Å². The van der Waals surface area contributed by atoms with Crippen LogP contribution in [0.4, 0.5) is 0 Å². The van der Waals surface area contributed by atoms with E-state index < -0.39 is 11.0 Å². The van der Waals surface area contributed by atoms with Gasteiger partial charge in [-0.1, -0.05) is 65.0 Å². The van der Waals surface area contributed by atoms with E-state index >= 15 is 0 Å². The van der Waals surface area contributed by atoms with Crippen molar-refractivity contribution in [2.75, 3.05) is 13.7 Å². The number of nitrogens with zero attached hydrogens (tertiary/aromatic N) is 1. The molecule has 0 radical (unpaired) electrons. The first kappa shape index (κ1) is 21.4. The highest BCUT2D eigenvalue weighted by molar-refractivity contribution is 5.97. The van der Waals surface area contributed by atoms with Crippen LogP contribution in [0, 0.1) is 11.3 Å². The monoisotopic (exact) mass is 395 g/mol. The van der Waals surface area contributed by atoms with Gasteiger partial charge in [0.1, 0.15) is 12.4 Å². The molecule has 0 fully saturated rings. The topological polar surface area (TPSA) is 51.0 Å². The molecule has 0 bridgehead atoms. The Labute approximate surface area is 174 Å². The number of hydrogen-bond donors (Lipinski definition) is 1. The van der Waals surface area contributed by atoms with Crippen LogP contribution in [0.5, 0.6) is 5.75 Å². The van der Waals surface area contributed by atoms with Crippen LogP contribution in [-0.4, -0.2) is 30.8 Å². The van der Waals surface area contributed by atoms with Gasteiger partial charge in [-0.25, -0.2) is 4.99 Å². The molecule has 2 aromatic rings. The molecule has 0 saturated heterocycles. The molecule has 0 amide bonds. The number of rotatable bonds is 6. The second-order valence-electron chi connectivity index (χ2n) is 9.24. The zero-order valence-electron chi connectivity index (χ0n) is 18.4. The third-order valence-electron chi connectivity index (χ3n) is 5.91. The smallest absolute Gasteiger partial charge is 0.216 e. The Morgan fingerprint density at radius 1 is 1.10 bits per heavy atom. The molecule has 29 heavy (non-hydrogen) atoms. The second-order valence-corrected chi connectivity index (χ2v) is 9.24. The summed E-state index contributed by atoms with van der Waals surface area (Å²) >= 11 is 0. The molecule has 2 aromatic carbocycles. The van der Waals surface area contributed by atoms with Crippen molar-refractivity contribution in [2.24, 2.45) is 16.3 Å². The molecule has 4 heteroatoms. The minimum atomic E-state index is -1.10. The molecule has 1 N–H and O–H groups in total. The molecule has 0 unspecified atom stereocenters. The molecular formula is C25H33NO3. The van der Waals surface area contributed by atoms with Crippen LogP contribution in [0.3, 0.4) is 0 Å². The zero-order valence-corrected chi connectivity index (χ0v) is 18.4. The minimum absolute atomic E-state index is 0.155. The first-order chi connectivity index (χ1) is 13.7. The Balaban J connectivity index is 2.05. The van der Waals surface area contributed by atoms with Crippen molar-refractivity contribution in [1.29, 1.82) is 0 Å². The fourth-order valence-corrected chi connectivity index (χ4v) is 3.71. The van der Waals surface area contributed by atoms with Crippen LogP contribution in [0.25, 0.3) is 0 Å². The fraction of sp³-hybridized carbons (Fsp3) is 0.480. The van der Waals surface area contributed by atoms with E-state index in [9.17, 15) is 5.11 Å². The van der Waals surface area contributed by atoms with Gasteiger partial charge < -0.3 is 14.6 Å². The summed E-state index contributed by atoms with van der Waals surface area (Å²) in [6.07, 6.45) is 0.485. The Morgan fingerprint density at radius 3 is 2.31 bits per heavy atom. The van der Waals surface area contributed by atoms with Gasteiger partial charge in [0.2, 0.25) is 5.90 Å². The van der Waals surface area contributed by atoms with E-state index in [1.54, 1.807) is 7.11 Å². The normalized spacial score (nSPS) is 18.9. The molecule has 1 aliphatic rings. The lowest BCUT2D eigenvalue weighted by atomic mass is 9.68. The summed E-state index contributed by atoms with van der Waals surface area (Å²) in [6, 6.07) is 16.0. The quantitative estimate of drug-likeness (QED) is 0.751. The Bertz CT molecular complexity index is 864. The molecule has 3 rings (SSSR count). The predicted molar refractivity (Wildman–Crippen MR) is 118 cm³/mol. The highest BCUT2D eigenvalue weighted by Crippen LogP contribution is 2.44. The third-order valence-corrected chi connectivity index (χ3v) is 5.91. The van der Waals surface area contributed by atoms with Gasteiger partial charge >= 0.3 is 0 Å². The van der Waals surface area contributed by atoms with Crippen molar-refractivity contribution < 1.29 is 14.6 Å². The molecule has 0 aliphatic carbocycles. The molecule has 1 heterocycles. The maximum absolute atomic E-state index is 12.1. The third kappa shape index (κ3) is 4.32. The molecule has 0 aromatic heterocycles. The van der Waals surface area contributed by atoms with Gasteiger partial charge in [0, 0.05) is 12.0 Å². The van der Waals surface area contributed by atoms with E-state index in [4.69, 9.17) is 14.5 Å². The predicted octanol–water partition coefficient (Wildman–Crippen LogP) is 4.97. The second kappa shape index (κ2) is 8.19. The fourth-order valence-electron chi connectivity index (χ4n) is 3.71. The SMILES string of the molecule is COc1ccc(C[C@@](O)(c2ccccc2C2=N[C@@H](C(C)C)CO2)C(C)(C)C)cc1. The average molecular weight is 396 g/mol. The number of hydrogen-bond acceptors (Lipinski definition) is 4. The molecular weight excluding hydrogens is 362 g/mol. The van der Waals surface area contributed by atoms with Gasteiger partial charge in [-0.15, -0.1) is 0 Å².